The first-order chi connectivity index (χ1) is 13.3. The van der Waals surface area contributed by atoms with Gasteiger partial charge >= 0.3 is 5.97 Å². The lowest BCUT2D eigenvalue weighted by Crippen LogP contribution is -2.46. The summed E-state index contributed by atoms with van der Waals surface area (Å²) in [6.45, 7) is 4.90. The van der Waals surface area contributed by atoms with E-state index in [1.54, 1.807) is 20.8 Å². The van der Waals surface area contributed by atoms with Gasteiger partial charge < -0.3 is 20.7 Å². The molecule has 0 aliphatic heterocycles. The van der Waals surface area contributed by atoms with E-state index in [9.17, 15) is 30.2 Å². The number of nitrogens with one attached hydrogen (secondary N) is 2. The van der Waals surface area contributed by atoms with Crippen LogP contribution in [0, 0.1) is 26.9 Å². The van der Waals surface area contributed by atoms with Crippen LogP contribution in [-0.2, 0) is 4.79 Å². The Labute approximate surface area is 165 Å². The molecule has 0 bridgehead atoms. The van der Waals surface area contributed by atoms with Crippen LogP contribution >= 0.6 is 0 Å². The number of nitro groups is 1. The van der Waals surface area contributed by atoms with Gasteiger partial charge in [-0.1, -0.05) is 20.8 Å². The van der Waals surface area contributed by atoms with Gasteiger partial charge in [0, 0.05) is 17.2 Å². The van der Waals surface area contributed by atoms with Gasteiger partial charge in [-0.15, -0.1) is 5.23 Å². The fraction of sp³-hybridized carbons (Fsp3) is 0.471. The van der Waals surface area contributed by atoms with Gasteiger partial charge in [0.05, 0.1) is 10.8 Å². The molecule has 5 N–H and O–H groups in total. The van der Waals surface area contributed by atoms with E-state index in [2.05, 4.69) is 10.9 Å². The Morgan fingerprint density at radius 3 is 2.34 bits per heavy atom. The second-order valence-electron chi connectivity index (χ2n) is 7.64. The van der Waals surface area contributed by atoms with Crippen LogP contribution in [0.5, 0.6) is 0 Å². The number of aliphatic carboxylic acids is 1. The van der Waals surface area contributed by atoms with Crippen LogP contribution in [0.15, 0.2) is 29.8 Å². The summed E-state index contributed by atoms with van der Waals surface area (Å²) in [6.07, 6.45) is 0.509. The first-order valence-electron chi connectivity index (χ1n) is 8.63. The molecule has 1 fully saturated rings. The normalized spacial score (nSPS) is 22.6. The number of hydrazine groups is 1. The second kappa shape index (κ2) is 7.64. The highest BCUT2D eigenvalue weighted by molar-refractivity contribution is 5.72. The Bertz CT molecular complexity index is 850. The number of benzene rings is 1. The summed E-state index contributed by atoms with van der Waals surface area (Å²) >= 11 is 0. The van der Waals surface area contributed by atoms with Crippen molar-refractivity contribution in [1.29, 1.82) is 0 Å². The summed E-state index contributed by atoms with van der Waals surface area (Å²) in [5, 5.41) is 62.1. The molecule has 0 unspecified atom stereocenters. The van der Waals surface area contributed by atoms with Crippen LogP contribution in [0.2, 0.25) is 0 Å². The molecule has 0 amide bonds. The number of anilines is 2. The Kier molecular flexibility index (Phi) is 5.81. The predicted octanol–water partition coefficient (Wildman–Crippen LogP) is 0.513. The molecule has 0 spiro atoms. The summed E-state index contributed by atoms with van der Waals surface area (Å²) < 4.78 is 0. The number of rotatable bonds is 7. The summed E-state index contributed by atoms with van der Waals surface area (Å²) in [6, 6.07) is 3.16. The molecular weight excluding hydrogens is 388 g/mol. The maximum Gasteiger partial charge on any atom is 0.307 e. The average molecular weight is 410 g/mol. The van der Waals surface area contributed by atoms with Crippen LogP contribution in [0.4, 0.5) is 17.1 Å². The number of carbonyl (C=O) groups is 1. The maximum atomic E-state index is 11.8. The molecule has 2 rings (SSSR count). The number of nitrogens with zero attached hydrogens (tertiary/aromatic N) is 2. The van der Waals surface area contributed by atoms with Gasteiger partial charge in [0.2, 0.25) is 0 Å². The predicted molar refractivity (Wildman–Crippen MR) is 95.2 cm³/mol. The number of allylic oxidation sites excluding steroid dienone is 1. The molecule has 2 atom stereocenters. The molecule has 0 radical (unpaired) electrons. The zero-order chi connectivity index (χ0) is 22.1. The van der Waals surface area contributed by atoms with Crippen molar-refractivity contribution in [2.24, 2.45) is 16.7 Å². The van der Waals surface area contributed by atoms with Crippen LogP contribution in [0.1, 0.15) is 33.6 Å². The minimum atomic E-state index is -1.57. The molecule has 1 aromatic carbocycles. The first kappa shape index (κ1) is 22.0. The van der Waals surface area contributed by atoms with Crippen LogP contribution in [0.25, 0.3) is 0 Å². The molecular formula is C17H22N4O8-2. The van der Waals surface area contributed by atoms with Crippen molar-refractivity contribution in [3.05, 3.63) is 40.0 Å². The molecule has 1 aromatic rings. The number of hydrogen-bond acceptors (Lipinski definition) is 10. The highest BCUT2D eigenvalue weighted by atomic mass is 16.8. The molecule has 12 heteroatoms. The zero-order valence-electron chi connectivity index (χ0n) is 16.0. The van der Waals surface area contributed by atoms with Crippen molar-refractivity contribution in [1.82, 2.24) is 5.43 Å². The highest BCUT2D eigenvalue weighted by Gasteiger charge is 2.55. The summed E-state index contributed by atoms with van der Waals surface area (Å²) in [5.74, 6) is -3.39. The molecule has 29 heavy (non-hydrogen) atoms. The molecule has 1 aliphatic carbocycles. The third-order valence-electron chi connectivity index (χ3n) is 6.01. The van der Waals surface area contributed by atoms with Crippen molar-refractivity contribution in [2.45, 2.75) is 33.6 Å². The van der Waals surface area contributed by atoms with Crippen LogP contribution in [-0.4, -0.2) is 26.4 Å². The number of hydrogen-bond donors (Lipinski definition) is 5. The van der Waals surface area contributed by atoms with E-state index in [-0.39, 0.29) is 35.1 Å². The first-order valence-corrected chi connectivity index (χ1v) is 8.63. The minimum Gasteiger partial charge on any atom is -0.883 e. The molecule has 0 heterocycles. The summed E-state index contributed by atoms with van der Waals surface area (Å²) in [7, 11) is 0. The van der Waals surface area contributed by atoms with Crippen LogP contribution in [0.3, 0.4) is 0 Å². The number of carboxylic acids is 1. The van der Waals surface area contributed by atoms with E-state index < -0.39 is 39.3 Å². The van der Waals surface area contributed by atoms with Gasteiger partial charge in [0.25, 0.3) is 5.69 Å². The van der Waals surface area contributed by atoms with Crippen LogP contribution < -0.4 is 26.3 Å². The van der Waals surface area contributed by atoms with Gasteiger partial charge in [-0.25, -0.2) is 0 Å². The van der Waals surface area contributed by atoms with E-state index in [1.807, 2.05) is 0 Å². The topological polar surface area (TPSA) is 194 Å². The number of nitro benzene ring substituents is 1. The third kappa shape index (κ3) is 3.84. The lowest BCUT2D eigenvalue weighted by atomic mass is 9.64. The van der Waals surface area contributed by atoms with Gasteiger partial charge in [-0.2, -0.15) is 5.95 Å². The van der Waals surface area contributed by atoms with Crippen molar-refractivity contribution in [2.75, 3.05) is 10.7 Å². The maximum absolute atomic E-state index is 11.8. The van der Waals surface area contributed by atoms with Gasteiger partial charge in [-0.3, -0.25) is 30.7 Å². The minimum absolute atomic E-state index is 0.145. The average Bonchev–Trinajstić information content (AvgIpc) is 2.84. The monoisotopic (exact) mass is 410 g/mol. The van der Waals surface area contributed by atoms with Gasteiger partial charge in [0.15, 0.2) is 0 Å². The van der Waals surface area contributed by atoms with E-state index in [4.69, 9.17) is 10.4 Å². The van der Waals surface area contributed by atoms with Crippen molar-refractivity contribution in [3.63, 3.8) is 0 Å². The summed E-state index contributed by atoms with van der Waals surface area (Å²) in [4.78, 5) is 22.0. The standard InChI is InChI=1S/C17H24N4O8/c1-16(2)10(14(22)23)6-7-17(16,3)13(15(24)25)19-18-11-5-4-9(20(26)27)8-12(11)21(28)29/h4-5,8,10,18-19,24-27H,6-7H2,1-3H3,(H,22,23)/p-2/t10-,17-/m0/s1. The Hall–Kier alpha value is -3.25. The fourth-order valence-electron chi connectivity index (χ4n) is 3.83. The Morgan fingerprint density at radius 2 is 1.90 bits per heavy atom. The highest BCUT2D eigenvalue weighted by Crippen LogP contribution is 2.59. The third-order valence-corrected chi connectivity index (χ3v) is 6.01. The molecule has 12 nitrogen and oxygen atoms in total. The largest absolute Gasteiger partial charge is 0.883 e. The van der Waals surface area contributed by atoms with Crippen molar-refractivity contribution in [3.8, 4) is 0 Å². The number of carboxylic acid groups (broad SMARTS) is 1. The zero-order valence-corrected chi connectivity index (χ0v) is 16.0. The second-order valence-corrected chi connectivity index (χ2v) is 7.64. The van der Waals surface area contributed by atoms with E-state index in [0.717, 1.165) is 18.2 Å². The summed E-state index contributed by atoms with van der Waals surface area (Å²) in [5.41, 5.74) is 1.50. The molecule has 160 valence electrons. The smallest absolute Gasteiger partial charge is 0.307 e. The van der Waals surface area contributed by atoms with Crippen molar-refractivity contribution < 1.29 is 35.5 Å². The quantitative estimate of drug-likeness (QED) is 0.239. The molecule has 0 aromatic heterocycles. The SMILES string of the molecule is CC1(C)[C@H](C(=O)O)CC[C@@]1(C)C(NNc1ccc(N(O)O)cc1[N+](=O)[O-])=C([O-])[O-]. The lowest BCUT2D eigenvalue weighted by molar-refractivity contribution is -0.516. The van der Waals surface area contributed by atoms with Crippen molar-refractivity contribution >= 4 is 23.0 Å². The molecule has 1 saturated carbocycles. The fourth-order valence-corrected chi connectivity index (χ4v) is 3.83. The van der Waals surface area contributed by atoms with E-state index in [1.165, 1.54) is 0 Å². The molecule has 0 saturated heterocycles. The lowest BCUT2D eigenvalue weighted by Gasteiger charge is -2.46. The molecule has 1 aliphatic rings. The van der Waals surface area contributed by atoms with Gasteiger partial charge in [-0.05, 0) is 30.4 Å². The Morgan fingerprint density at radius 1 is 1.28 bits per heavy atom. The van der Waals surface area contributed by atoms with E-state index in [0.29, 0.717) is 0 Å². The van der Waals surface area contributed by atoms with E-state index >= 15 is 0 Å². The Balaban J connectivity index is 2.36. The van der Waals surface area contributed by atoms with Gasteiger partial charge in [0.1, 0.15) is 11.4 Å².